The van der Waals surface area contributed by atoms with Gasteiger partial charge >= 0.3 is 0 Å². The minimum Gasteiger partial charge on any atom is -0.343 e. The Balaban J connectivity index is 1.43. The van der Waals surface area contributed by atoms with Crippen LogP contribution in [0.2, 0.25) is 0 Å². The number of carbonyl (C=O) groups is 1. The third-order valence-electron chi connectivity index (χ3n) is 7.03. The highest BCUT2D eigenvalue weighted by Gasteiger charge is 2.39. The van der Waals surface area contributed by atoms with Crippen molar-refractivity contribution in [2.75, 3.05) is 20.6 Å². The molecule has 5 heteroatoms. The van der Waals surface area contributed by atoms with Crippen LogP contribution < -0.4 is 0 Å². The predicted octanol–water partition coefficient (Wildman–Crippen LogP) is 4.27. The molecule has 1 fully saturated rings. The summed E-state index contributed by atoms with van der Waals surface area (Å²) in [5.41, 5.74) is 4.24. The van der Waals surface area contributed by atoms with E-state index in [4.69, 9.17) is 4.98 Å². The van der Waals surface area contributed by atoms with Gasteiger partial charge in [-0.1, -0.05) is 60.7 Å². The Morgan fingerprint density at radius 2 is 1.69 bits per heavy atom. The Morgan fingerprint density at radius 3 is 2.41 bits per heavy atom. The third kappa shape index (κ3) is 3.97. The van der Waals surface area contributed by atoms with Crippen LogP contribution in [0.15, 0.2) is 60.7 Å². The van der Waals surface area contributed by atoms with E-state index in [1.807, 2.05) is 32.3 Å². The summed E-state index contributed by atoms with van der Waals surface area (Å²) in [4.78, 5) is 22.3. The molecule has 2 bridgehead atoms. The van der Waals surface area contributed by atoms with E-state index in [1.54, 1.807) is 4.90 Å². The summed E-state index contributed by atoms with van der Waals surface area (Å²) in [6, 6.07) is 22.1. The second-order valence-corrected chi connectivity index (χ2v) is 9.32. The maximum Gasteiger partial charge on any atom is 0.273 e. The molecule has 5 rings (SSSR count). The quantitative estimate of drug-likeness (QED) is 0.589. The van der Waals surface area contributed by atoms with Gasteiger partial charge in [0.1, 0.15) is 11.5 Å². The molecule has 0 aliphatic carbocycles. The molecule has 5 nitrogen and oxygen atoms in total. The van der Waals surface area contributed by atoms with Gasteiger partial charge in [-0.3, -0.25) is 9.69 Å². The summed E-state index contributed by atoms with van der Waals surface area (Å²) < 4.78 is 2.35. The number of carbonyl (C=O) groups excluding carboxylic acids is 1. The van der Waals surface area contributed by atoms with Crippen LogP contribution >= 0.6 is 0 Å². The molecule has 2 unspecified atom stereocenters. The zero-order chi connectivity index (χ0) is 22.1. The van der Waals surface area contributed by atoms with Gasteiger partial charge in [0.2, 0.25) is 0 Å². The van der Waals surface area contributed by atoms with Gasteiger partial charge < -0.3 is 9.47 Å². The van der Waals surface area contributed by atoms with Crippen LogP contribution in [-0.2, 0) is 19.4 Å². The molecule has 2 aliphatic heterocycles. The van der Waals surface area contributed by atoms with E-state index in [-0.39, 0.29) is 5.91 Å². The minimum atomic E-state index is 0.00401. The Hall–Kier alpha value is -2.92. The van der Waals surface area contributed by atoms with Gasteiger partial charge in [-0.25, -0.2) is 4.98 Å². The van der Waals surface area contributed by atoms with Crippen LogP contribution in [0.5, 0.6) is 0 Å². The van der Waals surface area contributed by atoms with E-state index in [9.17, 15) is 4.79 Å². The molecule has 2 aliphatic rings. The maximum atomic E-state index is 13.0. The molecule has 0 saturated carbocycles. The first-order valence-electron chi connectivity index (χ1n) is 11.8. The first-order chi connectivity index (χ1) is 15.6. The Labute approximate surface area is 190 Å². The molecular formula is C27H32N4O. The number of rotatable bonds is 6. The number of hydrogen-bond acceptors (Lipinski definition) is 3. The van der Waals surface area contributed by atoms with Crippen molar-refractivity contribution in [3.8, 4) is 11.4 Å². The molecule has 0 spiro atoms. The lowest BCUT2D eigenvalue weighted by atomic mass is 10.0. The summed E-state index contributed by atoms with van der Waals surface area (Å²) in [6.07, 6.45) is 5.61. The van der Waals surface area contributed by atoms with Gasteiger partial charge in [-0.2, -0.15) is 0 Å². The first-order valence-corrected chi connectivity index (χ1v) is 11.8. The predicted molar refractivity (Wildman–Crippen MR) is 128 cm³/mol. The fraction of sp³-hybridized carbons (Fsp3) is 0.407. The molecule has 2 atom stereocenters. The zero-order valence-corrected chi connectivity index (χ0v) is 19.1. The van der Waals surface area contributed by atoms with Crippen molar-refractivity contribution in [3.63, 3.8) is 0 Å². The molecule has 1 amide bonds. The molecule has 32 heavy (non-hydrogen) atoms. The number of imidazole rings is 1. The number of aryl methyl sites for hydroxylation is 1. The van der Waals surface area contributed by atoms with E-state index >= 15 is 0 Å². The molecule has 2 aromatic carbocycles. The molecular weight excluding hydrogens is 396 g/mol. The summed E-state index contributed by atoms with van der Waals surface area (Å²) in [6.45, 7) is 2.02. The number of hydrogen-bond donors (Lipinski definition) is 0. The van der Waals surface area contributed by atoms with Gasteiger partial charge in [-0.15, -0.1) is 0 Å². The molecule has 1 saturated heterocycles. The maximum absolute atomic E-state index is 13.0. The Kier molecular flexibility index (Phi) is 5.83. The van der Waals surface area contributed by atoms with Crippen molar-refractivity contribution < 1.29 is 4.79 Å². The van der Waals surface area contributed by atoms with Crippen molar-refractivity contribution in [3.05, 3.63) is 77.6 Å². The van der Waals surface area contributed by atoms with E-state index in [1.165, 1.54) is 24.8 Å². The van der Waals surface area contributed by atoms with Crippen LogP contribution in [0.1, 0.15) is 41.0 Å². The number of nitrogens with zero attached hydrogens (tertiary/aromatic N) is 4. The van der Waals surface area contributed by atoms with Crippen molar-refractivity contribution in [1.82, 2.24) is 19.4 Å². The monoisotopic (exact) mass is 428 g/mol. The van der Waals surface area contributed by atoms with Crippen LogP contribution in [0.4, 0.5) is 0 Å². The van der Waals surface area contributed by atoms with Crippen LogP contribution in [-0.4, -0.2) is 58.0 Å². The summed E-state index contributed by atoms with van der Waals surface area (Å²) in [7, 11) is 3.63. The highest BCUT2D eigenvalue weighted by atomic mass is 16.2. The lowest BCUT2D eigenvalue weighted by molar-refractivity contribution is 0.0821. The molecule has 3 aromatic rings. The van der Waals surface area contributed by atoms with Crippen molar-refractivity contribution in [1.29, 1.82) is 0 Å². The number of fused-ring (bicyclic) bond motifs is 3. The zero-order valence-electron chi connectivity index (χ0n) is 19.1. The first kappa shape index (κ1) is 21.0. The lowest BCUT2D eigenvalue weighted by Crippen LogP contribution is -2.38. The molecule has 166 valence electrons. The van der Waals surface area contributed by atoms with Crippen molar-refractivity contribution in [2.45, 2.75) is 50.7 Å². The van der Waals surface area contributed by atoms with Gasteiger partial charge in [-0.05, 0) is 37.8 Å². The Morgan fingerprint density at radius 1 is 1.00 bits per heavy atom. The SMILES string of the molecule is CN(C)C(=O)c1nc(-c2ccccc2)n2c1CC1CCC(C2)N1CCCc1ccccc1. The summed E-state index contributed by atoms with van der Waals surface area (Å²) in [5, 5.41) is 0. The van der Waals surface area contributed by atoms with E-state index < -0.39 is 0 Å². The van der Waals surface area contributed by atoms with Crippen LogP contribution in [0.25, 0.3) is 11.4 Å². The van der Waals surface area contributed by atoms with Crippen molar-refractivity contribution >= 4 is 5.91 Å². The van der Waals surface area contributed by atoms with Gasteiger partial charge in [0, 0.05) is 44.7 Å². The molecule has 3 heterocycles. The third-order valence-corrected chi connectivity index (χ3v) is 7.03. The summed E-state index contributed by atoms with van der Waals surface area (Å²) in [5.74, 6) is 0.937. The average Bonchev–Trinajstić information content (AvgIpc) is 3.30. The molecule has 0 radical (unpaired) electrons. The highest BCUT2D eigenvalue weighted by molar-refractivity contribution is 5.94. The van der Waals surface area contributed by atoms with E-state index in [2.05, 4.69) is 51.9 Å². The largest absolute Gasteiger partial charge is 0.343 e. The smallest absolute Gasteiger partial charge is 0.273 e. The van der Waals surface area contributed by atoms with Crippen LogP contribution in [0, 0.1) is 0 Å². The number of aromatic nitrogens is 2. The molecule has 1 aromatic heterocycles. The van der Waals surface area contributed by atoms with Gasteiger partial charge in [0.05, 0.1) is 5.69 Å². The average molecular weight is 429 g/mol. The minimum absolute atomic E-state index is 0.00401. The number of benzene rings is 2. The fourth-order valence-electron chi connectivity index (χ4n) is 5.42. The second-order valence-electron chi connectivity index (χ2n) is 9.32. The standard InChI is InChI=1S/C27H32N4O/c1-29(2)27(32)25-24-18-22-15-16-23(30(22)17-9-12-20-10-5-3-6-11-20)19-31(24)26(28-25)21-13-7-4-8-14-21/h3-8,10-11,13-14,22-23H,9,12,15-19H2,1-2H3. The van der Waals surface area contributed by atoms with Gasteiger partial charge in [0.25, 0.3) is 5.91 Å². The van der Waals surface area contributed by atoms with E-state index in [0.29, 0.717) is 17.8 Å². The topological polar surface area (TPSA) is 41.4 Å². The fourth-order valence-corrected chi connectivity index (χ4v) is 5.42. The normalized spacial score (nSPS) is 20.1. The Bertz CT molecular complexity index is 1070. The number of amides is 1. The summed E-state index contributed by atoms with van der Waals surface area (Å²) >= 11 is 0. The van der Waals surface area contributed by atoms with E-state index in [0.717, 1.165) is 43.0 Å². The van der Waals surface area contributed by atoms with Crippen LogP contribution in [0.3, 0.4) is 0 Å². The van der Waals surface area contributed by atoms with Crippen molar-refractivity contribution in [2.24, 2.45) is 0 Å². The second kappa shape index (κ2) is 8.91. The lowest BCUT2D eigenvalue weighted by Gasteiger charge is -2.28. The molecule has 0 N–H and O–H groups in total. The van der Waals surface area contributed by atoms with Gasteiger partial charge in [0.15, 0.2) is 0 Å². The highest BCUT2D eigenvalue weighted by Crippen LogP contribution is 2.36.